The summed E-state index contributed by atoms with van der Waals surface area (Å²) in [6.45, 7) is 1.01. The Hall–Kier alpha value is -1.58. The second-order valence-electron chi connectivity index (χ2n) is 8.28. The first-order valence-electron chi connectivity index (χ1n) is 12.4. The van der Waals surface area contributed by atoms with Crippen LogP contribution in [0.3, 0.4) is 0 Å². The van der Waals surface area contributed by atoms with E-state index in [0.29, 0.717) is 26.1 Å². The van der Waals surface area contributed by atoms with Gasteiger partial charge in [0, 0.05) is 12.8 Å². The van der Waals surface area contributed by atoms with Gasteiger partial charge in [-0.15, -0.1) is 0 Å². The first-order chi connectivity index (χ1) is 14.8. The molecule has 0 N–H and O–H groups in total. The third kappa shape index (κ3) is 18.4. The third-order valence-corrected chi connectivity index (χ3v) is 5.43. The lowest BCUT2D eigenvalue weighted by molar-refractivity contribution is -0.144. The molecule has 0 aromatic heterocycles. The topological polar surface area (TPSA) is 52.6 Å². The fourth-order valence-electron chi connectivity index (χ4n) is 3.57. The molecule has 0 fully saturated rings. The van der Waals surface area contributed by atoms with Gasteiger partial charge in [0.25, 0.3) is 0 Å². The number of hydrogen-bond donors (Lipinski definition) is 0. The molecule has 4 heteroatoms. The van der Waals surface area contributed by atoms with Crippen molar-refractivity contribution in [2.75, 3.05) is 13.2 Å². The van der Waals surface area contributed by atoms with E-state index in [4.69, 9.17) is 9.47 Å². The first-order valence-corrected chi connectivity index (χ1v) is 12.4. The van der Waals surface area contributed by atoms with Crippen molar-refractivity contribution in [3.05, 3.63) is 24.3 Å². The van der Waals surface area contributed by atoms with Crippen LogP contribution in [0.15, 0.2) is 24.3 Å². The Balaban J connectivity index is 2.21. The fraction of sp³-hybridized carbons (Fsp3) is 0.769. The molecule has 0 atom stereocenters. The molecule has 1 heterocycles. The first kappa shape index (κ1) is 26.5. The molecule has 1 aliphatic heterocycles. The molecule has 0 saturated carbocycles. The maximum absolute atomic E-state index is 11.7. The van der Waals surface area contributed by atoms with Crippen molar-refractivity contribution < 1.29 is 19.1 Å². The normalized spacial score (nSPS) is 23.9. The van der Waals surface area contributed by atoms with Gasteiger partial charge in [0.1, 0.15) is 0 Å². The van der Waals surface area contributed by atoms with Crippen LogP contribution in [0.5, 0.6) is 0 Å². The smallest absolute Gasteiger partial charge is 0.305 e. The monoisotopic (exact) mass is 420 g/mol. The Morgan fingerprint density at radius 1 is 0.433 bits per heavy atom. The molecule has 0 bridgehead atoms. The summed E-state index contributed by atoms with van der Waals surface area (Å²) in [7, 11) is 0. The molecule has 172 valence electrons. The molecule has 1 rings (SSSR count). The summed E-state index contributed by atoms with van der Waals surface area (Å²) in [6.07, 6.45) is 27.4. The van der Waals surface area contributed by atoms with E-state index in [2.05, 4.69) is 24.3 Å². The van der Waals surface area contributed by atoms with Crippen LogP contribution in [-0.4, -0.2) is 25.2 Å². The molecule has 1 aliphatic rings. The van der Waals surface area contributed by atoms with Crippen LogP contribution in [0, 0.1) is 0 Å². The predicted molar refractivity (Wildman–Crippen MR) is 123 cm³/mol. The Kier molecular flexibility index (Phi) is 18.2. The lowest BCUT2D eigenvalue weighted by Gasteiger charge is -2.04. The predicted octanol–water partition coefficient (Wildman–Crippen LogP) is 7.22. The van der Waals surface area contributed by atoms with Crippen LogP contribution < -0.4 is 0 Å². The highest BCUT2D eigenvalue weighted by molar-refractivity contribution is 5.69. The van der Waals surface area contributed by atoms with Gasteiger partial charge in [0.05, 0.1) is 13.2 Å². The second kappa shape index (κ2) is 20.7. The number of rotatable bonds is 0. The Labute approximate surface area is 184 Å². The molecule has 0 saturated heterocycles. The number of allylic oxidation sites excluding steroid dienone is 2. The minimum absolute atomic E-state index is 0.0487. The minimum Gasteiger partial charge on any atom is -0.465 e. The van der Waals surface area contributed by atoms with Crippen molar-refractivity contribution in [1.29, 1.82) is 0 Å². The zero-order valence-corrected chi connectivity index (χ0v) is 19.1. The lowest BCUT2D eigenvalue weighted by atomic mass is 10.1. The SMILES string of the molecule is O=C1CCCCCCCC/C=C/CCOC(=O)CCCCCCCC/C=C/CCO1. The van der Waals surface area contributed by atoms with Crippen LogP contribution in [-0.2, 0) is 19.1 Å². The second-order valence-corrected chi connectivity index (χ2v) is 8.28. The number of cyclic esters (lactones) is 2. The molecule has 0 radical (unpaired) electrons. The van der Waals surface area contributed by atoms with E-state index >= 15 is 0 Å². The summed E-state index contributed by atoms with van der Waals surface area (Å²) >= 11 is 0. The number of carbonyl (C=O) groups is 2. The van der Waals surface area contributed by atoms with E-state index in [-0.39, 0.29) is 11.9 Å². The van der Waals surface area contributed by atoms with Crippen molar-refractivity contribution in [3.63, 3.8) is 0 Å². The zero-order valence-electron chi connectivity index (χ0n) is 19.1. The maximum Gasteiger partial charge on any atom is 0.305 e. The quantitative estimate of drug-likeness (QED) is 0.306. The number of esters is 2. The summed E-state index contributed by atoms with van der Waals surface area (Å²) < 4.78 is 10.6. The highest BCUT2D eigenvalue weighted by Gasteiger charge is 2.03. The van der Waals surface area contributed by atoms with Crippen LogP contribution in [0.25, 0.3) is 0 Å². The van der Waals surface area contributed by atoms with Crippen molar-refractivity contribution >= 4 is 11.9 Å². The van der Waals surface area contributed by atoms with E-state index in [1.807, 2.05) is 0 Å². The number of carbonyl (C=O) groups excluding carboxylic acids is 2. The van der Waals surface area contributed by atoms with E-state index in [1.165, 1.54) is 51.4 Å². The lowest BCUT2D eigenvalue weighted by Crippen LogP contribution is -2.05. The average Bonchev–Trinajstić information content (AvgIpc) is 2.74. The van der Waals surface area contributed by atoms with Gasteiger partial charge < -0.3 is 9.47 Å². The van der Waals surface area contributed by atoms with Gasteiger partial charge in [-0.05, 0) is 51.4 Å². The summed E-state index contributed by atoms with van der Waals surface area (Å²) in [4.78, 5) is 23.5. The molecule has 0 aromatic rings. The van der Waals surface area contributed by atoms with Crippen molar-refractivity contribution in [3.8, 4) is 0 Å². The van der Waals surface area contributed by atoms with Crippen molar-refractivity contribution in [2.45, 2.75) is 116 Å². The van der Waals surface area contributed by atoms with Crippen LogP contribution >= 0.6 is 0 Å². The van der Waals surface area contributed by atoms with Gasteiger partial charge in [0.15, 0.2) is 0 Å². The largest absolute Gasteiger partial charge is 0.465 e. The molecule has 30 heavy (non-hydrogen) atoms. The summed E-state index contributed by atoms with van der Waals surface area (Å²) in [5, 5.41) is 0. The standard InChI is InChI=1S/C26H44O4/c27-25-21-17-13-9-5-1-3-7-11-15-19-23-29-26(28)22-18-14-10-6-2-4-8-12-16-20-24-30-25/h11-12,15-16H,1-10,13-14,17-24H2/b15-11+,16-12+. The van der Waals surface area contributed by atoms with Crippen LogP contribution in [0.1, 0.15) is 116 Å². The molecule has 0 amide bonds. The van der Waals surface area contributed by atoms with E-state index in [9.17, 15) is 9.59 Å². The molecule has 0 aromatic carbocycles. The fourth-order valence-corrected chi connectivity index (χ4v) is 3.57. The van der Waals surface area contributed by atoms with Gasteiger partial charge in [-0.1, -0.05) is 75.7 Å². The number of hydrogen-bond acceptors (Lipinski definition) is 4. The third-order valence-electron chi connectivity index (χ3n) is 5.43. The van der Waals surface area contributed by atoms with Gasteiger partial charge in [-0.3, -0.25) is 9.59 Å². The van der Waals surface area contributed by atoms with Crippen molar-refractivity contribution in [2.24, 2.45) is 0 Å². The Morgan fingerprint density at radius 2 is 0.767 bits per heavy atom. The molecular formula is C26H44O4. The summed E-state index contributed by atoms with van der Waals surface area (Å²) in [5.74, 6) is -0.0975. The summed E-state index contributed by atoms with van der Waals surface area (Å²) in [6, 6.07) is 0. The summed E-state index contributed by atoms with van der Waals surface area (Å²) in [5.41, 5.74) is 0. The maximum atomic E-state index is 11.7. The average molecular weight is 421 g/mol. The highest BCUT2D eigenvalue weighted by Crippen LogP contribution is 2.11. The van der Waals surface area contributed by atoms with E-state index in [0.717, 1.165) is 51.4 Å². The molecule has 0 spiro atoms. The van der Waals surface area contributed by atoms with Gasteiger partial charge >= 0.3 is 11.9 Å². The Morgan fingerprint density at radius 3 is 1.20 bits per heavy atom. The molecular weight excluding hydrogens is 376 g/mol. The van der Waals surface area contributed by atoms with Crippen LogP contribution in [0.2, 0.25) is 0 Å². The Bertz CT molecular complexity index is 437. The number of ether oxygens (including phenoxy) is 2. The highest BCUT2D eigenvalue weighted by atomic mass is 16.5. The zero-order chi connectivity index (χ0) is 21.5. The van der Waals surface area contributed by atoms with E-state index in [1.54, 1.807) is 0 Å². The molecule has 0 unspecified atom stereocenters. The van der Waals surface area contributed by atoms with Gasteiger partial charge in [-0.2, -0.15) is 0 Å². The van der Waals surface area contributed by atoms with E-state index < -0.39 is 0 Å². The van der Waals surface area contributed by atoms with Crippen LogP contribution in [0.4, 0.5) is 0 Å². The minimum atomic E-state index is -0.0487. The molecule has 4 nitrogen and oxygen atoms in total. The van der Waals surface area contributed by atoms with Crippen molar-refractivity contribution in [1.82, 2.24) is 0 Å². The van der Waals surface area contributed by atoms with Gasteiger partial charge in [0.2, 0.25) is 0 Å². The molecule has 0 aliphatic carbocycles. The van der Waals surface area contributed by atoms with Gasteiger partial charge in [-0.25, -0.2) is 0 Å².